The van der Waals surface area contributed by atoms with Crippen molar-refractivity contribution >= 4 is 11.4 Å². The van der Waals surface area contributed by atoms with Gasteiger partial charge in [-0.05, 0) is 6.07 Å². The lowest BCUT2D eigenvalue weighted by atomic mass is 10.0. The summed E-state index contributed by atoms with van der Waals surface area (Å²) < 4.78 is 0. The van der Waals surface area contributed by atoms with Crippen LogP contribution in [0.2, 0.25) is 0 Å². The van der Waals surface area contributed by atoms with Crippen LogP contribution < -0.4 is 5.73 Å². The first kappa shape index (κ1) is 12.1. The molecule has 0 fully saturated rings. The van der Waals surface area contributed by atoms with E-state index < -0.39 is 0 Å². The van der Waals surface area contributed by atoms with Crippen LogP contribution in [0.15, 0.2) is 55.1 Å². The Hall–Kier alpha value is -2.95. The van der Waals surface area contributed by atoms with Crippen LogP contribution in [0.25, 0.3) is 11.4 Å². The van der Waals surface area contributed by atoms with Gasteiger partial charge in [-0.1, -0.05) is 30.3 Å². The fourth-order valence-corrected chi connectivity index (χ4v) is 1.99. The molecule has 0 aliphatic rings. The molecule has 1 aromatic carbocycles. The van der Waals surface area contributed by atoms with E-state index in [1.807, 2.05) is 30.3 Å². The zero-order chi connectivity index (χ0) is 13.9. The van der Waals surface area contributed by atoms with Gasteiger partial charge in [-0.15, -0.1) is 0 Å². The molecule has 0 radical (unpaired) electrons. The third kappa shape index (κ3) is 2.16. The number of aromatic nitrogens is 3. The predicted octanol–water partition coefficient (Wildman–Crippen LogP) is 2.47. The number of imidazole rings is 1. The minimum absolute atomic E-state index is 0.381. The van der Waals surface area contributed by atoms with Crippen molar-refractivity contribution in [3.8, 4) is 11.4 Å². The molecule has 0 aliphatic heterocycles. The van der Waals surface area contributed by atoms with E-state index in [0.29, 0.717) is 22.7 Å². The van der Waals surface area contributed by atoms with E-state index >= 15 is 0 Å². The zero-order valence-electron chi connectivity index (χ0n) is 10.7. The smallest absolute Gasteiger partial charge is 0.0924 e. The number of nitrogens with zero attached hydrogens (tertiary/aromatic N) is 2. The highest BCUT2D eigenvalue weighted by molar-refractivity contribution is 6.14. The van der Waals surface area contributed by atoms with E-state index in [9.17, 15) is 0 Å². The van der Waals surface area contributed by atoms with Crippen molar-refractivity contribution in [1.29, 1.82) is 5.41 Å². The molecule has 5 heteroatoms. The Labute approximate surface area is 116 Å². The third-order valence-electron chi connectivity index (χ3n) is 3.04. The number of aromatic amines is 1. The van der Waals surface area contributed by atoms with Gasteiger partial charge in [0.25, 0.3) is 0 Å². The van der Waals surface area contributed by atoms with Gasteiger partial charge in [0.15, 0.2) is 0 Å². The van der Waals surface area contributed by atoms with Crippen molar-refractivity contribution in [1.82, 2.24) is 15.0 Å². The van der Waals surface area contributed by atoms with Crippen molar-refractivity contribution in [3.63, 3.8) is 0 Å². The van der Waals surface area contributed by atoms with E-state index in [-0.39, 0.29) is 0 Å². The number of nitrogens with two attached hydrogens (primary N) is 1. The lowest BCUT2D eigenvalue weighted by Crippen LogP contribution is -2.06. The standard InChI is InChI=1S/C15H13N5/c16-12-7-19-13(14-8-18-9-20-14)6-11(12)15(17)10-4-2-1-3-5-10/h1-9,17H,16H2,(H,18,20). The summed E-state index contributed by atoms with van der Waals surface area (Å²) in [6.07, 6.45) is 4.85. The number of rotatable bonds is 3. The normalized spacial score (nSPS) is 10.4. The fourth-order valence-electron chi connectivity index (χ4n) is 1.99. The average molecular weight is 263 g/mol. The molecule has 2 aromatic heterocycles. The van der Waals surface area contributed by atoms with Gasteiger partial charge in [-0.2, -0.15) is 0 Å². The van der Waals surface area contributed by atoms with E-state index in [4.69, 9.17) is 11.1 Å². The largest absolute Gasteiger partial charge is 0.397 e. The number of nitrogens with one attached hydrogen (secondary N) is 2. The number of hydrogen-bond donors (Lipinski definition) is 3. The average Bonchev–Trinajstić information content (AvgIpc) is 3.02. The van der Waals surface area contributed by atoms with Crippen LogP contribution in [0.3, 0.4) is 0 Å². The summed E-state index contributed by atoms with van der Waals surface area (Å²) in [6, 6.07) is 11.3. The molecular weight excluding hydrogens is 250 g/mol. The van der Waals surface area contributed by atoms with Crippen molar-refractivity contribution < 1.29 is 0 Å². The van der Waals surface area contributed by atoms with Gasteiger partial charge in [-0.25, -0.2) is 4.98 Å². The monoisotopic (exact) mass is 263 g/mol. The highest BCUT2D eigenvalue weighted by Gasteiger charge is 2.11. The zero-order valence-corrected chi connectivity index (χ0v) is 10.7. The Morgan fingerprint density at radius 2 is 1.95 bits per heavy atom. The van der Waals surface area contributed by atoms with Crippen molar-refractivity contribution in [2.45, 2.75) is 0 Å². The van der Waals surface area contributed by atoms with Gasteiger partial charge in [0.2, 0.25) is 0 Å². The molecule has 5 nitrogen and oxygen atoms in total. The molecule has 20 heavy (non-hydrogen) atoms. The van der Waals surface area contributed by atoms with Gasteiger partial charge in [-0.3, -0.25) is 10.4 Å². The van der Waals surface area contributed by atoms with E-state index in [2.05, 4.69) is 15.0 Å². The Balaban J connectivity index is 2.05. The van der Waals surface area contributed by atoms with Gasteiger partial charge in [0.05, 0.1) is 41.5 Å². The van der Waals surface area contributed by atoms with Crippen molar-refractivity contribution in [3.05, 3.63) is 66.2 Å². The molecule has 0 atom stereocenters. The maximum atomic E-state index is 8.30. The van der Waals surface area contributed by atoms with Crippen LogP contribution in [-0.4, -0.2) is 20.7 Å². The molecule has 0 bridgehead atoms. The molecule has 98 valence electrons. The molecule has 0 spiro atoms. The van der Waals surface area contributed by atoms with Crippen LogP contribution in [0.5, 0.6) is 0 Å². The number of H-pyrrole nitrogens is 1. The number of pyridine rings is 1. The fraction of sp³-hybridized carbons (Fsp3) is 0. The second-order valence-corrected chi connectivity index (χ2v) is 4.36. The van der Waals surface area contributed by atoms with Gasteiger partial charge in [0, 0.05) is 11.1 Å². The maximum absolute atomic E-state index is 8.30. The highest BCUT2D eigenvalue weighted by atomic mass is 14.9. The molecule has 0 unspecified atom stereocenters. The predicted molar refractivity (Wildman–Crippen MR) is 78.6 cm³/mol. The second kappa shape index (κ2) is 4.97. The molecule has 2 heterocycles. The molecule has 0 amide bonds. The first-order valence-electron chi connectivity index (χ1n) is 6.14. The van der Waals surface area contributed by atoms with Crippen LogP contribution in [0.1, 0.15) is 11.1 Å². The number of benzene rings is 1. The number of nitrogen functional groups attached to an aromatic ring is 1. The molecule has 3 rings (SSSR count). The second-order valence-electron chi connectivity index (χ2n) is 4.36. The summed E-state index contributed by atoms with van der Waals surface area (Å²) in [6.45, 7) is 0. The van der Waals surface area contributed by atoms with E-state index in [0.717, 1.165) is 11.3 Å². The van der Waals surface area contributed by atoms with Crippen LogP contribution in [-0.2, 0) is 0 Å². The molecule has 4 N–H and O–H groups in total. The lowest BCUT2D eigenvalue weighted by molar-refractivity contribution is 1.27. The SMILES string of the molecule is N=C(c1ccccc1)c1cc(-c2cnc[nH]2)ncc1N. The van der Waals surface area contributed by atoms with E-state index in [1.165, 1.54) is 0 Å². The summed E-state index contributed by atoms with van der Waals surface area (Å²) in [7, 11) is 0. The summed E-state index contributed by atoms with van der Waals surface area (Å²) in [5, 5.41) is 8.30. The summed E-state index contributed by atoms with van der Waals surface area (Å²) in [4.78, 5) is 11.2. The maximum Gasteiger partial charge on any atom is 0.0924 e. The minimum Gasteiger partial charge on any atom is -0.397 e. The van der Waals surface area contributed by atoms with Crippen LogP contribution in [0.4, 0.5) is 5.69 Å². The van der Waals surface area contributed by atoms with Crippen molar-refractivity contribution in [2.24, 2.45) is 0 Å². The van der Waals surface area contributed by atoms with Gasteiger partial charge >= 0.3 is 0 Å². The summed E-state index contributed by atoms with van der Waals surface area (Å²) in [5.74, 6) is 0. The van der Waals surface area contributed by atoms with Gasteiger partial charge < -0.3 is 10.7 Å². The first-order valence-corrected chi connectivity index (χ1v) is 6.14. The minimum atomic E-state index is 0.381. The molecule has 0 saturated heterocycles. The number of anilines is 1. The Bertz CT molecular complexity index is 732. The van der Waals surface area contributed by atoms with Crippen LogP contribution in [0, 0.1) is 5.41 Å². The number of hydrogen-bond acceptors (Lipinski definition) is 4. The third-order valence-corrected chi connectivity index (χ3v) is 3.04. The summed E-state index contributed by atoms with van der Waals surface area (Å²) >= 11 is 0. The molecule has 0 aliphatic carbocycles. The van der Waals surface area contributed by atoms with Crippen LogP contribution >= 0.6 is 0 Å². The Morgan fingerprint density at radius 1 is 1.15 bits per heavy atom. The Morgan fingerprint density at radius 3 is 2.65 bits per heavy atom. The van der Waals surface area contributed by atoms with E-state index in [1.54, 1.807) is 24.8 Å². The topological polar surface area (TPSA) is 91.4 Å². The molecule has 0 saturated carbocycles. The molecule has 3 aromatic rings. The quantitative estimate of drug-likeness (QED) is 0.634. The first-order chi connectivity index (χ1) is 9.75. The summed E-state index contributed by atoms with van der Waals surface area (Å²) in [5.41, 5.74) is 9.82. The lowest BCUT2D eigenvalue weighted by Gasteiger charge is -2.09. The highest BCUT2D eigenvalue weighted by Crippen LogP contribution is 2.21. The molecular formula is C15H13N5. The Kier molecular flexibility index (Phi) is 3.01. The van der Waals surface area contributed by atoms with Gasteiger partial charge in [0.1, 0.15) is 0 Å². The van der Waals surface area contributed by atoms with Crippen molar-refractivity contribution in [2.75, 3.05) is 5.73 Å².